The number of ketones is 1. The Hall–Kier alpha value is -3.52. The van der Waals surface area contributed by atoms with Gasteiger partial charge in [0.25, 0.3) is 10.1 Å². The van der Waals surface area contributed by atoms with Crippen LogP contribution in [-0.4, -0.2) is 30.0 Å². The summed E-state index contributed by atoms with van der Waals surface area (Å²) >= 11 is 0. The summed E-state index contributed by atoms with van der Waals surface area (Å²) in [7, 11) is -4.47. The second-order valence-corrected chi connectivity index (χ2v) is 9.35. The summed E-state index contributed by atoms with van der Waals surface area (Å²) in [5.41, 5.74) is -2.18. The summed E-state index contributed by atoms with van der Waals surface area (Å²) < 4.78 is 32.4. The molecule has 0 fully saturated rings. The van der Waals surface area contributed by atoms with E-state index in [1.165, 1.54) is 37.3 Å². The fraction of sp³-hybridized carbons (Fsp3) is 0.115. The fourth-order valence-electron chi connectivity index (χ4n) is 3.75. The normalized spacial score (nSPS) is 14.5. The molecule has 2 N–H and O–H groups in total. The zero-order valence-electron chi connectivity index (χ0n) is 17.8. The number of fused-ring (bicyclic) bond motifs is 1. The Kier molecular flexibility index (Phi) is 6.03. The van der Waals surface area contributed by atoms with Crippen molar-refractivity contribution < 1.29 is 27.6 Å². The van der Waals surface area contributed by atoms with Crippen LogP contribution in [-0.2, 0) is 14.3 Å². The van der Waals surface area contributed by atoms with Crippen molar-refractivity contribution in [3.8, 4) is 5.75 Å². The molecule has 6 nitrogen and oxygen atoms in total. The van der Waals surface area contributed by atoms with Gasteiger partial charge in [0.1, 0.15) is 16.7 Å². The molecule has 0 bridgehead atoms. The number of carbonyl (C=O) groups is 1. The van der Waals surface area contributed by atoms with Crippen molar-refractivity contribution >= 4 is 26.7 Å². The van der Waals surface area contributed by atoms with E-state index in [2.05, 4.69) is 0 Å². The molecule has 33 heavy (non-hydrogen) atoms. The molecule has 4 aromatic rings. The molecule has 0 aromatic heterocycles. The first-order valence-corrected chi connectivity index (χ1v) is 11.6. The van der Waals surface area contributed by atoms with E-state index < -0.39 is 27.6 Å². The van der Waals surface area contributed by atoms with E-state index in [1.807, 2.05) is 0 Å². The minimum Gasteiger partial charge on any atom is -0.508 e. The zero-order chi connectivity index (χ0) is 23.6. The number of phenols is 1. The molecule has 2 atom stereocenters. The third-order valence-electron chi connectivity index (χ3n) is 5.47. The molecular formula is C26H22O6S. The maximum Gasteiger partial charge on any atom is 0.298 e. The van der Waals surface area contributed by atoms with Gasteiger partial charge >= 0.3 is 0 Å². The smallest absolute Gasteiger partial charge is 0.298 e. The lowest BCUT2D eigenvalue weighted by Crippen LogP contribution is -2.43. The van der Waals surface area contributed by atoms with Crippen molar-refractivity contribution in [2.24, 2.45) is 0 Å². The van der Waals surface area contributed by atoms with E-state index >= 15 is 0 Å². The van der Waals surface area contributed by atoms with E-state index in [4.69, 9.17) is 4.18 Å². The van der Waals surface area contributed by atoms with E-state index in [-0.39, 0.29) is 21.8 Å². The molecular weight excluding hydrogens is 440 g/mol. The molecule has 0 heterocycles. The van der Waals surface area contributed by atoms with Gasteiger partial charge in [0.15, 0.2) is 11.4 Å². The van der Waals surface area contributed by atoms with Crippen LogP contribution >= 0.6 is 0 Å². The van der Waals surface area contributed by atoms with Crippen molar-refractivity contribution in [2.45, 2.75) is 23.5 Å². The van der Waals surface area contributed by atoms with E-state index in [0.29, 0.717) is 10.8 Å². The predicted octanol–water partition coefficient (Wildman–Crippen LogP) is 4.63. The van der Waals surface area contributed by atoms with Gasteiger partial charge in [-0.3, -0.25) is 8.98 Å². The number of hydrogen-bond acceptors (Lipinski definition) is 6. The van der Waals surface area contributed by atoms with Gasteiger partial charge in [-0.15, -0.1) is 0 Å². The minimum atomic E-state index is -4.47. The molecule has 4 aromatic carbocycles. The third kappa shape index (κ3) is 4.39. The van der Waals surface area contributed by atoms with Gasteiger partial charge in [-0.25, -0.2) is 0 Å². The monoisotopic (exact) mass is 462 g/mol. The first kappa shape index (κ1) is 22.7. The van der Waals surface area contributed by atoms with Gasteiger partial charge in [-0.05, 0) is 24.4 Å². The van der Waals surface area contributed by atoms with Crippen LogP contribution < -0.4 is 0 Å². The Morgan fingerprint density at radius 3 is 2.18 bits per heavy atom. The average Bonchev–Trinajstić information content (AvgIpc) is 2.82. The molecule has 7 heteroatoms. The molecule has 0 aliphatic heterocycles. The highest BCUT2D eigenvalue weighted by molar-refractivity contribution is 7.87. The fourth-order valence-corrected chi connectivity index (χ4v) is 5.10. The second-order valence-electron chi connectivity index (χ2n) is 7.81. The number of benzene rings is 4. The van der Waals surface area contributed by atoms with Gasteiger partial charge in [0.2, 0.25) is 0 Å². The van der Waals surface area contributed by atoms with Crippen LogP contribution in [0.25, 0.3) is 10.8 Å². The molecule has 0 spiro atoms. The maximum atomic E-state index is 13.4. The first-order chi connectivity index (χ1) is 15.7. The number of Topliss-reactive ketones (excluding diaryl/α,β-unsaturated/α-hetero) is 1. The summed E-state index contributed by atoms with van der Waals surface area (Å²) in [6.07, 6.45) is -1.71. The number of rotatable bonds is 7. The van der Waals surface area contributed by atoms with E-state index in [1.54, 1.807) is 66.7 Å². The van der Waals surface area contributed by atoms with Crippen molar-refractivity contribution in [3.05, 3.63) is 108 Å². The lowest BCUT2D eigenvalue weighted by Gasteiger charge is -2.31. The summed E-state index contributed by atoms with van der Waals surface area (Å²) in [4.78, 5) is 13.1. The molecule has 4 rings (SSSR count). The van der Waals surface area contributed by atoms with Crippen LogP contribution in [0.5, 0.6) is 5.75 Å². The molecule has 2 unspecified atom stereocenters. The Balaban J connectivity index is 1.84. The second kappa shape index (κ2) is 8.78. The summed E-state index contributed by atoms with van der Waals surface area (Å²) in [5, 5.41) is 22.9. The van der Waals surface area contributed by atoms with Crippen LogP contribution in [0.15, 0.2) is 102 Å². The Morgan fingerprint density at radius 2 is 1.45 bits per heavy atom. The van der Waals surface area contributed by atoms with Gasteiger partial charge in [-0.1, -0.05) is 84.9 Å². The average molecular weight is 463 g/mol. The molecule has 0 amide bonds. The van der Waals surface area contributed by atoms with Gasteiger partial charge in [0.05, 0.1) is 0 Å². The van der Waals surface area contributed by atoms with Crippen LogP contribution in [0.2, 0.25) is 0 Å². The number of para-hydroxylation sites is 1. The first-order valence-electron chi connectivity index (χ1n) is 10.2. The topological polar surface area (TPSA) is 101 Å². The van der Waals surface area contributed by atoms with Crippen LogP contribution in [0.1, 0.15) is 28.9 Å². The highest BCUT2D eigenvalue weighted by Gasteiger charge is 2.45. The van der Waals surface area contributed by atoms with Gasteiger partial charge in [0, 0.05) is 16.5 Å². The largest absolute Gasteiger partial charge is 0.508 e. The summed E-state index contributed by atoms with van der Waals surface area (Å²) in [6.45, 7) is 1.18. The van der Waals surface area contributed by atoms with Gasteiger partial charge < -0.3 is 10.2 Å². The van der Waals surface area contributed by atoms with Crippen LogP contribution in [0.4, 0.5) is 0 Å². The number of hydrogen-bond donors (Lipinski definition) is 2. The quantitative estimate of drug-likeness (QED) is 0.307. The number of aliphatic hydroxyl groups is 1. The standard InChI is InChI=1S/C26H22O6S/c1-26(29,24(28)19-11-3-2-4-12-19)25(21-15-7-8-16-22(21)27)32-33(30,31)23-17-9-13-18-10-5-6-14-20(18)23/h2-17,25,27,29H,1H3. The highest BCUT2D eigenvalue weighted by Crippen LogP contribution is 2.40. The van der Waals surface area contributed by atoms with Gasteiger partial charge in [-0.2, -0.15) is 8.42 Å². The SMILES string of the molecule is CC(O)(C(=O)c1ccccc1)C(OS(=O)(=O)c1cccc2ccccc12)c1ccccc1O. The number of carbonyl (C=O) groups excluding carboxylic acids is 1. The molecule has 0 aliphatic carbocycles. The molecule has 168 valence electrons. The molecule has 0 saturated heterocycles. The van der Waals surface area contributed by atoms with Crippen molar-refractivity contribution in [2.75, 3.05) is 0 Å². The highest BCUT2D eigenvalue weighted by atomic mass is 32.2. The lowest BCUT2D eigenvalue weighted by molar-refractivity contribution is -0.0274. The summed E-state index contributed by atoms with van der Waals surface area (Å²) in [5.74, 6) is -1.05. The summed E-state index contributed by atoms with van der Waals surface area (Å²) in [6, 6.07) is 25.5. The molecule has 0 radical (unpaired) electrons. The lowest BCUT2D eigenvalue weighted by atomic mass is 9.85. The minimum absolute atomic E-state index is 0.0319. The Morgan fingerprint density at radius 1 is 0.848 bits per heavy atom. The van der Waals surface area contributed by atoms with E-state index in [9.17, 15) is 23.4 Å². The van der Waals surface area contributed by atoms with Crippen LogP contribution in [0.3, 0.4) is 0 Å². The number of phenolic OH excluding ortho intramolecular Hbond substituents is 1. The molecule has 0 saturated carbocycles. The predicted molar refractivity (Wildman–Crippen MR) is 124 cm³/mol. The molecule has 0 aliphatic rings. The zero-order valence-corrected chi connectivity index (χ0v) is 18.6. The maximum absolute atomic E-state index is 13.4. The Labute approximate surface area is 191 Å². The third-order valence-corrected chi connectivity index (χ3v) is 6.81. The van der Waals surface area contributed by atoms with Crippen LogP contribution in [0, 0.1) is 0 Å². The van der Waals surface area contributed by atoms with Crippen molar-refractivity contribution in [3.63, 3.8) is 0 Å². The van der Waals surface area contributed by atoms with Crippen molar-refractivity contribution in [1.82, 2.24) is 0 Å². The van der Waals surface area contributed by atoms with Crippen molar-refractivity contribution in [1.29, 1.82) is 0 Å². The Bertz CT molecular complexity index is 1410. The van der Waals surface area contributed by atoms with E-state index in [0.717, 1.165) is 0 Å². The number of aromatic hydroxyl groups is 1.